The molecule has 4 amide bonds. The minimum atomic E-state index is -0.661. The lowest BCUT2D eigenvalue weighted by Gasteiger charge is -2.30. The topological polar surface area (TPSA) is 127 Å². The number of nitrogens with one attached hydrogen (secondary N) is 2. The molecule has 0 spiro atoms. The van der Waals surface area contributed by atoms with E-state index >= 15 is 0 Å². The Balaban J connectivity index is 1.25. The van der Waals surface area contributed by atoms with Gasteiger partial charge in [0, 0.05) is 37.2 Å². The zero-order chi connectivity index (χ0) is 36.8. The van der Waals surface area contributed by atoms with Crippen molar-refractivity contribution < 1.29 is 33.4 Å². The van der Waals surface area contributed by atoms with Crippen LogP contribution in [0.4, 0.5) is 25.8 Å². The average molecular weight is 687 g/mol. The van der Waals surface area contributed by atoms with E-state index in [9.17, 15) is 19.2 Å². The van der Waals surface area contributed by atoms with Crippen molar-refractivity contribution in [3.05, 3.63) is 95.1 Å². The third kappa shape index (κ3) is 11.0. The fourth-order valence-corrected chi connectivity index (χ4v) is 5.42. The normalized spacial score (nSPS) is 15.5. The largest absolute Gasteiger partial charge is 0.445 e. The van der Waals surface area contributed by atoms with Crippen molar-refractivity contribution in [1.82, 2.24) is 9.80 Å². The fourth-order valence-electron chi connectivity index (χ4n) is 5.42. The van der Waals surface area contributed by atoms with Crippen molar-refractivity contribution >= 4 is 35.6 Å². The lowest BCUT2D eigenvalue weighted by Crippen LogP contribution is -2.42. The van der Waals surface area contributed by atoms with E-state index in [1.54, 1.807) is 76.3 Å². The van der Waals surface area contributed by atoms with Gasteiger partial charge in [0.25, 0.3) is 5.91 Å². The minimum Gasteiger partial charge on any atom is -0.445 e. The quantitative estimate of drug-likeness (QED) is 0.205. The van der Waals surface area contributed by atoms with E-state index in [1.807, 2.05) is 63.8 Å². The molecule has 11 nitrogen and oxygen atoms in total. The maximum atomic E-state index is 13.0. The molecule has 0 bridgehead atoms. The molecule has 268 valence electrons. The highest BCUT2D eigenvalue weighted by Crippen LogP contribution is 2.46. The number of rotatable bonds is 10. The number of para-hydroxylation sites is 2. The molecular formula is C39H50N4O7. The maximum Gasteiger partial charge on any atom is 0.412 e. The van der Waals surface area contributed by atoms with Crippen LogP contribution in [-0.2, 0) is 27.4 Å². The monoisotopic (exact) mass is 686 g/mol. The third-order valence-corrected chi connectivity index (χ3v) is 7.80. The maximum absolute atomic E-state index is 13.0. The van der Waals surface area contributed by atoms with Crippen molar-refractivity contribution in [2.24, 2.45) is 0 Å². The predicted molar refractivity (Wildman–Crippen MR) is 193 cm³/mol. The van der Waals surface area contributed by atoms with E-state index in [1.165, 1.54) is 4.90 Å². The summed E-state index contributed by atoms with van der Waals surface area (Å²) in [4.78, 5) is 54.1. The zero-order valence-electron chi connectivity index (χ0n) is 30.5. The Kier molecular flexibility index (Phi) is 11.8. The van der Waals surface area contributed by atoms with Gasteiger partial charge < -0.3 is 29.3 Å². The van der Waals surface area contributed by atoms with Crippen LogP contribution in [-0.4, -0.2) is 64.3 Å². The number of anilines is 2. The Morgan fingerprint density at radius 3 is 1.88 bits per heavy atom. The van der Waals surface area contributed by atoms with Crippen LogP contribution in [0.25, 0.3) is 0 Å². The van der Waals surface area contributed by atoms with Crippen LogP contribution in [0.3, 0.4) is 0 Å². The van der Waals surface area contributed by atoms with Crippen LogP contribution >= 0.6 is 0 Å². The summed E-state index contributed by atoms with van der Waals surface area (Å²) in [5, 5.41) is 5.50. The first-order valence-corrected chi connectivity index (χ1v) is 16.9. The molecule has 3 aromatic rings. The molecule has 1 aliphatic carbocycles. The first-order chi connectivity index (χ1) is 23.4. The molecule has 4 rings (SSSR count). The Morgan fingerprint density at radius 2 is 1.32 bits per heavy atom. The standard InChI is InChI=1S/C39H50N4O7/c1-25(2)43(37(47)50-39(6,7)8)33-22-30(33)28-18-16-27(17-19-28)24-48-36(46)42(9)23-26-14-20-29(21-15-26)34(44)40-31-12-10-11-13-32(31)41-35(45)49-38(3,4)5/h10-21,25,30,33H,22-24H2,1-9H3,(H,40,44)(H,41,45)/t30?,33-/m0/s1. The molecule has 1 unspecified atom stereocenters. The van der Waals surface area contributed by atoms with Gasteiger partial charge >= 0.3 is 18.3 Å². The highest BCUT2D eigenvalue weighted by atomic mass is 16.6. The van der Waals surface area contributed by atoms with Crippen LogP contribution < -0.4 is 10.6 Å². The number of amides is 4. The smallest absolute Gasteiger partial charge is 0.412 e. The molecule has 1 fully saturated rings. The van der Waals surface area contributed by atoms with Gasteiger partial charge in [-0.05, 0) is 103 Å². The molecule has 11 heteroatoms. The van der Waals surface area contributed by atoms with Crippen molar-refractivity contribution in [1.29, 1.82) is 0 Å². The number of ether oxygens (including phenoxy) is 3. The van der Waals surface area contributed by atoms with E-state index in [4.69, 9.17) is 14.2 Å². The number of carbonyl (C=O) groups is 4. The van der Waals surface area contributed by atoms with E-state index in [2.05, 4.69) is 10.6 Å². The molecule has 50 heavy (non-hydrogen) atoms. The summed E-state index contributed by atoms with van der Waals surface area (Å²) in [7, 11) is 1.65. The lowest BCUT2D eigenvalue weighted by molar-refractivity contribution is 0.0167. The summed E-state index contributed by atoms with van der Waals surface area (Å²) in [5.74, 6) is -0.117. The summed E-state index contributed by atoms with van der Waals surface area (Å²) in [6.45, 7) is 15.3. The molecule has 0 aliphatic heterocycles. The third-order valence-electron chi connectivity index (χ3n) is 7.80. The van der Waals surface area contributed by atoms with Gasteiger partial charge in [-0.3, -0.25) is 10.1 Å². The fraction of sp³-hybridized carbons (Fsp3) is 0.436. The van der Waals surface area contributed by atoms with Crippen molar-refractivity contribution in [2.75, 3.05) is 17.7 Å². The van der Waals surface area contributed by atoms with Gasteiger partial charge in [0.2, 0.25) is 0 Å². The molecule has 0 radical (unpaired) electrons. The summed E-state index contributed by atoms with van der Waals surface area (Å²) in [6.07, 6.45) is -0.509. The number of benzene rings is 3. The molecule has 3 aromatic carbocycles. The number of hydrogen-bond donors (Lipinski definition) is 2. The molecule has 1 aliphatic rings. The van der Waals surface area contributed by atoms with Gasteiger partial charge in [0.1, 0.15) is 17.8 Å². The Hall–Kier alpha value is -5.06. The molecule has 1 saturated carbocycles. The first kappa shape index (κ1) is 37.8. The second-order valence-corrected chi connectivity index (χ2v) is 14.9. The van der Waals surface area contributed by atoms with Gasteiger partial charge in [0.15, 0.2) is 0 Å². The second kappa shape index (κ2) is 15.7. The van der Waals surface area contributed by atoms with Crippen LogP contribution in [0.15, 0.2) is 72.8 Å². The van der Waals surface area contributed by atoms with E-state index in [0.717, 1.165) is 23.1 Å². The summed E-state index contributed by atoms with van der Waals surface area (Å²) in [6, 6.07) is 21.8. The van der Waals surface area contributed by atoms with Crippen LogP contribution in [0.5, 0.6) is 0 Å². The second-order valence-electron chi connectivity index (χ2n) is 14.9. The molecule has 0 saturated heterocycles. The SMILES string of the molecule is CC(C)N(C(=O)OC(C)(C)C)[C@H]1CC1c1ccc(COC(=O)N(C)Cc2ccc(C(=O)Nc3ccccc3NC(=O)OC(C)(C)C)cc2)cc1. The van der Waals surface area contributed by atoms with E-state index in [0.29, 0.717) is 16.9 Å². The first-order valence-electron chi connectivity index (χ1n) is 16.9. The highest BCUT2D eigenvalue weighted by Gasteiger charge is 2.47. The average Bonchev–Trinajstić information content (AvgIpc) is 3.79. The van der Waals surface area contributed by atoms with Gasteiger partial charge in [-0.15, -0.1) is 0 Å². The van der Waals surface area contributed by atoms with E-state index < -0.39 is 23.4 Å². The number of nitrogens with zero attached hydrogens (tertiary/aromatic N) is 2. The summed E-state index contributed by atoms with van der Waals surface area (Å²) >= 11 is 0. The summed E-state index contributed by atoms with van der Waals surface area (Å²) in [5.41, 5.74) is 2.85. The number of carbonyl (C=O) groups excluding carboxylic acids is 4. The van der Waals surface area contributed by atoms with Crippen LogP contribution in [0.1, 0.15) is 94.8 Å². The van der Waals surface area contributed by atoms with E-state index in [-0.39, 0.29) is 43.2 Å². The molecule has 0 aromatic heterocycles. The number of hydrogen-bond acceptors (Lipinski definition) is 7. The lowest BCUT2D eigenvalue weighted by atomic mass is 10.1. The Morgan fingerprint density at radius 1 is 0.760 bits per heavy atom. The molecule has 0 heterocycles. The van der Waals surface area contributed by atoms with Crippen molar-refractivity contribution in [3.63, 3.8) is 0 Å². The minimum absolute atomic E-state index is 0.0254. The zero-order valence-corrected chi connectivity index (χ0v) is 30.5. The van der Waals surface area contributed by atoms with Crippen molar-refractivity contribution in [3.8, 4) is 0 Å². The highest BCUT2D eigenvalue weighted by molar-refractivity contribution is 6.06. The van der Waals surface area contributed by atoms with Crippen LogP contribution in [0.2, 0.25) is 0 Å². The van der Waals surface area contributed by atoms with Crippen LogP contribution in [0, 0.1) is 0 Å². The predicted octanol–water partition coefficient (Wildman–Crippen LogP) is 8.56. The van der Waals surface area contributed by atoms with Crippen molar-refractivity contribution in [2.45, 2.75) is 104 Å². The van der Waals surface area contributed by atoms with Gasteiger partial charge in [0.05, 0.1) is 11.4 Å². The Bertz CT molecular complexity index is 1660. The van der Waals surface area contributed by atoms with Gasteiger partial charge in [-0.2, -0.15) is 0 Å². The summed E-state index contributed by atoms with van der Waals surface area (Å²) < 4.78 is 16.5. The Labute approximate surface area is 295 Å². The van der Waals surface area contributed by atoms with Gasteiger partial charge in [-0.25, -0.2) is 14.4 Å². The molecular weight excluding hydrogens is 636 g/mol. The molecule has 2 N–H and O–H groups in total. The van der Waals surface area contributed by atoms with Gasteiger partial charge in [-0.1, -0.05) is 48.5 Å². The molecule has 2 atom stereocenters.